The van der Waals surface area contributed by atoms with E-state index in [9.17, 15) is 4.79 Å². The van der Waals surface area contributed by atoms with Crippen LogP contribution in [0, 0.1) is 0 Å². The van der Waals surface area contributed by atoms with Gasteiger partial charge in [-0.2, -0.15) is 0 Å². The lowest BCUT2D eigenvalue weighted by Gasteiger charge is -2.39. The second kappa shape index (κ2) is 10.6. The van der Waals surface area contributed by atoms with Crippen LogP contribution in [-0.4, -0.2) is 41.3 Å². The van der Waals surface area contributed by atoms with E-state index in [1.807, 2.05) is 30.3 Å². The predicted octanol–water partition coefficient (Wildman–Crippen LogP) is 7.97. The summed E-state index contributed by atoms with van der Waals surface area (Å²) in [7, 11) is 1.40. The van der Waals surface area contributed by atoms with Crippen LogP contribution in [0.2, 0.25) is 10.0 Å². The number of ether oxygens (including phenoxy) is 1. The molecule has 7 nitrogen and oxygen atoms in total. The second-order valence-corrected chi connectivity index (χ2v) is 13.6. The molecule has 4 heterocycles. The van der Waals surface area contributed by atoms with E-state index in [4.69, 9.17) is 37.4 Å². The van der Waals surface area contributed by atoms with E-state index >= 15 is 0 Å². The minimum Gasteiger partial charge on any atom is -0.465 e. The first-order valence-electron chi connectivity index (χ1n) is 13.5. The maximum atomic E-state index is 12.2. The summed E-state index contributed by atoms with van der Waals surface area (Å²) in [5, 5.41) is 10.5. The Morgan fingerprint density at radius 3 is 2.58 bits per heavy atom. The van der Waals surface area contributed by atoms with Crippen molar-refractivity contribution in [3.63, 3.8) is 0 Å². The average Bonchev–Trinajstić information content (AvgIpc) is 3.48. The Hall–Kier alpha value is -2.17. The van der Waals surface area contributed by atoms with Gasteiger partial charge in [-0.3, -0.25) is 0 Å². The van der Waals surface area contributed by atoms with Gasteiger partial charge >= 0.3 is 5.97 Å². The number of hydrogen-bond acceptors (Lipinski definition) is 8. The number of esters is 1. The number of rotatable bonds is 7. The first kappa shape index (κ1) is 26.7. The van der Waals surface area contributed by atoms with Gasteiger partial charge in [0.15, 0.2) is 5.13 Å². The van der Waals surface area contributed by atoms with Gasteiger partial charge in [-0.15, -0.1) is 0 Å². The summed E-state index contributed by atoms with van der Waals surface area (Å²) >= 11 is 18.3. The molecule has 3 fully saturated rings. The number of nitrogens with one attached hydrogen (secondary N) is 1. The van der Waals surface area contributed by atoms with Crippen molar-refractivity contribution < 1.29 is 14.1 Å². The summed E-state index contributed by atoms with van der Waals surface area (Å²) in [4.78, 5) is 19.7. The third kappa shape index (κ3) is 4.73. The molecule has 1 N–H and O–H groups in total. The molecule has 2 aromatic heterocycles. The van der Waals surface area contributed by atoms with Crippen molar-refractivity contribution >= 4 is 71.8 Å². The van der Waals surface area contributed by atoms with Crippen LogP contribution in [-0.2, 0) is 11.3 Å². The monoisotopic (exact) mass is 660 g/mol. The molecule has 208 valence electrons. The number of carbonyl (C=O) groups is 1. The average molecular weight is 662 g/mol. The zero-order valence-electron chi connectivity index (χ0n) is 21.8. The summed E-state index contributed by atoms with van der Waals surface area (Å²) < 4.78 is 12.5. The highest BCUT2D eigenvalue weighted by Crippen LogP contribution is 2.47. The molecule has 1 aliphatic carbocycles. The third-order valence-electron chi connectivity index (χ3n) is 8.36. The van der Waals surface area contributed by atoms with Crippen LogP contribution in [0.15, 0.2) is 39.3 Å². The van der Waals surface area contributed by atoms with E-state index in [1.54, 1.807) is 11.3 Å². The summed E-state index contributed by atoms with van der Waals surface area (Å²) in [6, 6.07) is 10.5. The fraction of sp³-hybridized carbons (Fsp3) is 0.414. The molecule has 0 amide bonds. The normalized spacial score (nSPS) is 22.3. The summed E-state index contributed by atoms with van der Waals surface area (Å²) in [5.74, 6) is 1.04. The van der Waals surface area contributed by atoms with Crippen LogP contribution in [0.5, 0.6) is 0 Å². The fourth-order valence-electron chi connectivity index (χ4n) is 6.30. The molecule has 2 bridgehead atoms. The number of benzene rings is 2. The molecule has 2 atom stereocenters. The van der Waals surface area contributed by atoms with Crippen molar-refractivity contribution in [2.45, 2.75) is 69.1 Å². The van der Waals surface area contributed by atoms with Gasteiger partial charge in [0.05, 0.1) is 32.9 Å². The van der Waals surface area contributed by atoms with Crippen LogP contribution in [0.1, 0.15) is 66.1 Å². The topological polar surface area (TPSA) is 80.5 Å². The Kier molecular flexibility index (Phi) is 7.07. The van der Waals surface area contributed by atoms with E-state index in [0.29, 0.717) is 50.7 Å². The van der Waals surface area contributed by atoms with Gasteiger partial charge < -0.3 is 19.5 Å². The van der Waals surface area contributed by atoms with Crippen molar-refractivity contribution in [3.8, 4) is 11.3 Å². The molecule has 2 aromatic carbocycles. The van der Waals surface area contributed by atoms with E-state index in [1.165, 1.54) is 7.11 Å². The molecule has 1 saturated carbocycles. The van der Waals surface area contributed by atoms with E-state index < -0.39 is 0 Å². The zero-order chi connectivity index (χ0) is 27.5. The first-order chi connectivity index (χ1) is 19.4. The number of carbonyl (C=O) groups excluding carboxylic acids is 1. The Bertz CT molecular complexity index is 1590. The summed E-state index contributed by atoms with van der Waals surface area (Å²) in [6.07, 6.45) is 6.62. The number of piperidine rings is 1. The SMILES string of the molecule is COC(=O)c1cc2sc(N3C4CCC3CC(NCc3c(-c5c(Cl)cccc5Cl)noc3C3CC3)C4)nc2cc1Br. The molecular weight excluding hydrogens is 635 g/mol. The standard InChI is InChI=1S/C29H27BrCl2N4O3S/c1-38-28(37)18-11-24-23(12-20(18)30)34-29(40-24)36-16-7-8-17(36)10-15(9-16)33-13-19-26(35-39-27(19)14-5-6-14)25-21(31)3-2-4-22(25)32/h2-4,11-12,14-17,33H,5-10,13H2,1H3. The number of halogens is 3. The fourth-order valence-corrected chi connectivity index (χ4v) is 8.49. The van der Waals surface area contributed by atoms with Gasteiger partial charge in [0, 0.05) is 46.2 Å². The number of anilines is 1. The lowest BCUT2D eigenvalue weighted by atomic mass is 9.97. The maximum absolute atomic E-state index is 12.2. The second-order valence-electron chi connectivity index (χ2n) is 10.9. The molecule has 2 saturated heterocycles. The van der Waals surface area contributed by atoms with E-state index in [0.717, 1.165) is 76.5 Å². The Morgan fingerprint density at radius 2 is 1.90 bits per heavy atom. The highest BCUT2D eigenvalue weighted by atomic mass is 79.9. The Balaban J connectivity index is 1.10. The number of fused-ring (bicyclic) bond motifs is 3. The van der Waals surface area contributed by atoms with Crippen LogP contribution in [0.25, 0.3) is 21.5 Å². The maximum Gasteiger partial charge on any atom is 0.339 e. The molecular formula is C29H27BrCl2N4O3S. The zero-order valence-corrected chi connectivity index (χ0v) is 25.7. The minimum absolute atomic E-state index is 0.353. The lowest BCUT2D eigenvalue weighted by molar-refractivity contribution is 0.0600. The van der Waals surface area contributed by atoms with Gasteiger partial charge in [-0.25, -0.2) is 9.78 Å². The Morgan fingerprint density at radius 1 is 1.18 bits per heavy atom. The lowest BCUT2D eigenvalue weighted by Crippen LogP contribution is -2.49. The van der Waals surface area contributed by atoms with E-state index in [-0.39, 0.29) is 5.97 Å². The third-order valence-corrected chi connectivity index (χ3v) is 10.7. The van der Waals surface area contributed by atoms with Crippen LogP contribution in [0.3, 0.4) is 0 Å². The molecule has 2 unspecified atom stereocenters. The smallest absolute Gasteiger partial charge is 0.339 e. The molecule has 2 aliphatic heterocycles. The van der Waals surface area contributed by atoms with Gasteiger partial charge in [-0.1, -0.05) is 45.8 Å². The molecule has 0 spiro atoms. The Labute approximate surface area is 254 Å². The predicted molar refractivity (Wildman–Crippen MR) is 162 cm³/mol. The number of thiazole rings is 1. The van der Waals surface area contributed by atoms with Gasteiger partial charge in [0.25, 0.3) is 0 Å². The highest BCUT2D eigenvalue weighted by Gasteiger charge is 2.42. The number of methoxy groups -OCH3 is 1. The van der Waals surface area contributed by atoms with Gasteiger partial charge in [0.1, 0.15) is 11.5 Å². The van der Waals surface area contributed by atoms with Gasteiger partial charge in [-0.05, 0) is 78.7 Å². The van der Waals surface area contributed by atoms with Crippen molar-refractivity contribution in [1.82, 2.24) is 15.5 Å². The van der Waals surface area contributed by atoms with Crippen LogP contribution in [0.4, 0.5) is 5.13 Å². The number of nitrogens with zero attached hydrogens (tertiary/aromatic N) is 3. The molecule has 4 aromatic rings. The molecule has 0 radical (unpaired) electrons. The molecule has 40 heavy (non-hydrogen) atoms. The molecule has 11 heteroatoms. The minimum atomic E-state index is -0.353. The van der Waals surface area contributed by atoms with Crippen molar-refractivity contribution in [2.24, 2.45) is 0 Å². The van der Waals surface area contributed by atoms with Crippen molar-refractivity contribution in [2.75, 3.05) is 12.0 Å². The number of hydrogen-bond donors (Lipinski definition) is 1. The highest BCUT2D eigenvalue weighted by molar-refractivity contribution is 9.10. The largest absolute Gasteiger partial charge is 0.465 e. The van der Waals surface area contributed by atoms with Crippen LogP contribution < -0.4 is 10.2 Å². The molecule has 7 rings (SSSR count). The number of aromatic nitrogens is 2. The summed E-state index contributed by atoms with van der Waals surface area (Å²) in [6.45, 7) is 0.668. The van der Waals surface area contributed by atoms with Crippen LogP contribution >= 0.6 is 50.5 Å². The molecule has 3 aliphatic rings. The van der Waals surface area contributed by atoms with E-state index in [2.05, 4.69) is 31.3 Å². The quantitative estimate of drug-likeness (QED) is 0.201. The van der Waals surface area contributed by atoms with Crippen molar-refractivity contribution in [3.05, 3.63) is 61.7 Å². The van der Waals surface area contributed by atoms with Gasteiger partial charge in [0.2, 0.25) is 0 Å². The first-order valence-corrected chi connectivity index (χ1v) is 15.9. The summed E-state index contributed by atoms with van der Waals surface area (Å²) in [5.41, 5.74) is 3.98. The van der Waals surface area contributed by atoms with Crippen molar-refractivity contribution in [1.29, 1.82) is 0 Å².